The Labute approximate surface area is 179 Å². The summed E-state index contributed by atoms with van der Waals surface area (Å²) in [5.41, 5.74) is 0. The molecule has 6 heteroatoms. The van der Waals surface area contributed by atoms with Crippen LogP contribution in [0.3, 0.4) is 0 Å². The number of likely N-dealkylation sites (tertiary alicyclic amines) is 1. The topological polar surface area (TPSA) is 42.9 Å². The van der Waals surface area contributed by atoms with Crippen molar-refractivity contribution in [2.75, 3.05) is 60.4 Å². The number of guanidine groups is 1. The van der Waals surface area contributed by atoms with Gasteiger partial charge in [-0.1, -0.05) is 32.1 Å². The Kier molecular flexibility index (Phi) is 18.2. The first kappa shape index (κ1) is 25.9. The van der Waals surface area contributed by atoms with Gasteiger partial charge < -0.3 is 20.4 Å². The van der Waals surface area contributed by atoms with Crippen LogP contribution in [-0.2, 0) is 0 Å². The van der Waals surface area contributed by atoms with Crippen molar-refractivity contribution in [2.24, 2.45) is 4.99 Å². The molecule has 1 aliphatic heterocycles. The zero-order chi connectivity index (χ0) is 18.2. The summed E-state index contributed by atoms with van der Waals surface area (Å²) in [6.07, 6.45) is 13.4. The predicted octanol–water partition coefficient (Wildman–Crippen LogP) is 3.55. The lowest BCUT2D eigenvalue weighted by molar-refractivity contribution is 0.282. The lowest BCUT2D eigenvalue weighted by Gasteiger charge is -2.20. The standard InChI is InChI=1S/C20H43N5.HI/c1-21-20(22-14-9-5-4-6-10-16-24(2)3)23-15-13-19-25-17-11-7-8-12-18-25;/h4-19H2,1-3H3,(H2,21,22,23);1H. The maximum atomic E-state index is 4.33. The third kappa shape index (κ3) is 15.0. The molecule has 0 radical (unpaired) electrons. The highest BCUT2D eigenvalue weighted by molar-refractivity contribution is 14.0. The van der Waals surface area contributed by atoms with E-state index in [2.05, 4.69) is 39.5 Å². The number of halogens is 1. The Morgan fingerprint density at radius 3 is 2.04 bits per heavy atom. The van der Waals surface area contributed by atoms with Crippen molar-refractivity contribution in [1.82, 2.24) is 20.4 Å². The van der Waals surface area contributed by atoms with Crippen LogP contribution in [0.5, 0.6) is 0 Å². The van der Waals surface area contributed by atoms with Gasteiger partial charge in [0.1, 0.15) is 0 Å². The average molecular weight is 482 g/mol. The van der Waals surface area contributed by atoms with Crippen LogP contribution in [0.1, 0.15) is 64.2 Å². The third-order valence-corrected chi connectivity index (χ3v) is 4.94. The second kappa shape index (κ2) is 18.3. The van der Waals surface area contributed by atoms with E-state index in [1.54, 1.807) is 0 Å². The minimum absolute atomic E-state index is 0. The molecule has 0 aromatic rings. The molecule has 0 bridgehead atoms. The molecule has 2 N–H and O–H groups in total. The van der Waals surface area contributed by atoms with Gasteiger partial charge in [-0.2, -0.15) is 0 Å². The maximum absolute atomic E-state index is 4.33. The van der Waals surface area contributed by atoms with Crippen LogP contribution in [0.25, 0.3) is 0 Å². The van der Waals surface area contributed by atoms with E-state index in [-0.39, 0.29) is 24.0 Å². The minimum atomic E-state index is 0. The smallest absolute Gasteiger partial charge is 0.190 e. The molecule has 0 saturated carbocycles. The first-order chi connectivity index (χ1) is 12.2. The van der Waals surface area contributed by atoms with E-state index in [1.165, 1.54) is 90.4 Å². The number of rotatable bonds is 12. The van der Waals surface area contributed by atoms with Gasteiger partial charge in [0.05, 0.1) is 0 Å². The van der Waals surface area contributed by atoms with E-state index in [4.69, 9.17) is 0 Å². The van der Waals surface area contributed by atoms with Crippen LogP contribution in [-0.4, -0.2) is 76.2 Å². The molecule has 0 aromatic heterocycles. The molecule has 0 amide bonds. The van der Waals surface area contributed by atoms with Crippen molar-refractivity contribution in [3.63, 3.8) is 0 Å². The summed E-state index contributed by atoms with van der Waals surface area (Å²) in [5, 5.41) is 6.90. The lowest BCUT2D eigenvalue weighted by atomic mass is 10.1. The summed E-state index contributed by atoms with van der Waals surface area (Å²) < 4.78 is 0. The van der Waals surface area contributed by atoms with Gasteiger partial charge >= 0.3 is 0 Å². The SMILES string of the molecule is CN=C(NCCCCCCCN(C)C)NCCCN1CCCCCC1.I. The number of nitrogens with one attached hydrogen (secondary N) is 2. The van der Waals surface area contributed by atoms with Crippen molar-refractivity contribution in [3.8, 4) is 0 Å². The fraction of sp³-hybridized carbons (Fsp3) is 0.950. The summed E-state index contributed by atoms with van der Waals surface area (Å²) in [6, 6.07) is 0. The summed E-state index contributed by atoms with van der Waals surface area (Å²) in [6.45, 7) is 7.06. The minimum Gasteiger partial charge on any atom is -0.356 e. The van der Waals surface area contributed by atoms with E-state index in [9.17, 15) is 0 Å². The molecule has 156 valence electrons. The summed E-state index contributed by atoms with van der Waals surface area (Å²) in [7, 11) is 6.16. The Hall–Kier alpha value is -0.0800. The van der Waals surface area contributed by atoms with Gasteiger partial charge in [-0.05, 0) is 72.4 Å². The van der Waals surface area contributed by atoms with Crippen molar-refractivity contribution < 1.29 is 0 Å². The highest BCUT2D eigenvalue weighted by atomic mass is 127. The van der Waals surface area contributed by atoms with E-state index >= 15 is 0 Å². The Morgan fingerprint density at radius 1 is 0.846 bits per heavy atom. The van der Waals surface area contributed by atoms with Crippen LogP contribution in [0.4, 0.5) is 0 Å². The largest absolute Gasteiger partial charge is 0.356 e. The maximum Gasteiger partial charge on any atom is 0.190 e. The van der Waals surface area contributed by atoms with Crippen LogP contribution < -0.4 is 10.6 Å². The van der Waals surface area contributed by atoms with E-state index < -0.39 is 0 Å². The van der Waals surface area contributed by atoms with Gasteiger partial charge in [0, 0.05) is 20.1 Å². The number of hydrogen-bond donors (Lipinski definition) is 2. The lowest BCUT2D eigenvalue weighted by Crippen LogP contribution is -2.39. The molecule has 26 heavy (non-hydrogen) atoms. The van der Waals surface area contributed by atoms with Gasteiger partial charge in [-0.3, -0.25) is 4.99 Å². The molecule has 0 spiro atoms. The van der Waals surface area contributed by atoms with E-state index in [0.29, 0.717) is 0 Å². The van der Waals surface area contributed by atoms with Crippen LogP contribution >= 0.6 is 24.0 Å². The molecule has 0 unspecified atom stereocenters. The molecular weight excluding hydrogens is 437 g/mol. The molecule has 1 saturated heterocycles. The van der Waals surface area contributed by atoms with Gasteiger partial charge in [-0.15, -0.1) is 24.0 Å². The number of unbranched alkanes of at least 4 members (excludes halogenated alkanes) is 4. The van der Waals surface area contributed by atoms with Crippen molar-refractivity contribution in [3.05, 3.63) is 0 Å². The Bertz CT molecular complexity index is 328. The van der Waals surface area contributed by atoms with Crippen molar-refractivity contribution in [1.29, 1.82) is 0 Å². The third-order valence-electron chi connectivity index (χ3n) is 4.94. The fourth-order valence-corrected chi connectivity index (χ4v) is 3.38. The monoisotopic (exact) mass is 481 g/mol. The molecule has 5 nitrogen and oxygen atoms in total. The molecule has 1 aliphatic rings. The van der Waals surface area contributed by atoms with E-state index in [1.807, 2.05) is 7.05 Å². The quantitative estimate of drug-likeness (QED) is 0.194. The first-order valence-electron chi connectivity index (χ1n) is 10.5. The Balaban J connectivity index is 0.00000625. The molecule has 0 aromatic carbocycles. The normalized spacial score (nSPS) is 16.2. The molecule has 1 rings (SSSR count). The first-order valence-corrected chi connectivity index (χ1v) is 10.5. The molecule has 1 fully saturated rings. The fourth-order valence-electron chi connectivity index (χ4n) is 3.38. The zero-order valence-corrected chi connectivity index (χ0v) is 19.9. The van der Waals surface area contributed by atoms with Gasteiger partial charge in [0.15, 0.2) is 5.96 Å². The second-order valence-corrected chi connectivity index (χ2v) is 7.61. The highest BCUT2D eigenvalue weighted by Crippen LogP contribution is 2.09. The second-order valence-electron chi connectivity index (χ2n) is 7.61. The number of hydrogen-bond acceptors (Lipinski definition) is 3. The zero-order valence-electron chi connectivity index (χ0n) is 17.6. The molecule has 1 heterocycles. The Morgan fingerprint density at radius 2 is 1.42 bits per heavy atom. The van der Waals surface area contributed by atoms with E-state index in [0.717, 1.165) is 19.0 Å². The number of nitrogens with zero attached hydrogens (tertiary/aromatic N) is 3. The highest BCUT2D eigenvalue weighted by Gasteiger charge is 2.08. The van der Waals surface area contributed by atoms with Gasteiger partial charge in [0.25, 0.3) is 0 Å². The summed E-state index contributed by atoms with van der Waals surface area (Å²) >= 11 is 0. The van der Waals surface area contributed by atoms with Crippen molar-refractivity contribution in [2.45, 2.75) is 64.2 Å². The van der Waals surface area contributed by atoms with Crippen LogP contribution in [0, 0.1) is 0 Å². The van der Waals surface area contributed by atoms with Gasteiger partial charge in [-0.25, -0.2) is 0 Å². The molecule has 0 aliphatic carbocycles. The predicted molar refractivity (Wildman–Crippen MR) is 126 cm³/mol. The average Bonchev–Trinajstić information content (AvgIpc) is 2.87. The summed E-state index contributed by atoms with van der Waals surface area (Å²) in [4.78, 5) is 9.22. The summed E-state index contributed by atoms with van der Waals surface area (Å²) in [5.74, 6) is 0.962. The van der Waals surface area contributed by atoms with Crippen LogP contribution in [0.15, 0.2) is 4.99 Å². The van der Waals surface area contributed by atoms with Crippen LogP contribution in [0.2, 0.25) is 0 Å². The molecular formula is C20H44IN5. The van der Waals surface area contributed by atoms with Gasteiger partial charge in [0.2, 0.25) is 0 Å². The molecule has 0 atom stereocenters. The number of aliphatic imine (C=N–C) groups is 1. The van der Waals surface area contributed by atoms with Crippen molar-refractivity contribution >= 4 is 29.9 Å².